The van der Waals surface area contributed by atoms with Gasteiger partial charge in [0, 0.05) is 10.6 Å². The molecule has 1 heterocycles. The molecule has 0 spiro atoms. The van der Waals surface area contributed by atoms with Crippen LogP contribution in [0.4, 0.5) is 5.69 Å². The SMILES string of the molecule is CCOc1ccc(Cl)cc1/C=C1\SC(=S)N(c2ccccc2)C1=O. The first-order valence-corrected chi connectivity index (χ1v) is 8.95. The summed E-state index contributed by atoms with van der Waals surface area (Å²) in [6.45, 7) is 2.45. The fourth-order valence-electron chi connectivity index (χ4n) is 2.33. The number of hydrogen-bond donors (Lipinski definition) is 0. The second-order valence-electron chi connectivity index (χ2n) is 4.97. The number of anilines is 1. The van der Waals surface area contributed by atoms with Gasteiger partial charge in [0.25, 0.3) is 5.91 Å². The first-order valence-electron chi connectivity index (χ1n) is 7.35. The van der Waals surface area contributed by atoms with Crippen molar-refractivity contribution in [2.24, 2.45) is 0 Å². The van der Waals surface area contributed by atoms with Crippen molar-refractivity contribution in [3.05, 3.63) is 64.0 Å². The number of ether oxygens (including phenoxy) is 1. The normalized spacial score (nSPS) is 16.1. The monoisotopic (exact) mass is 375 g/mol. The molecule has 1 fully saturated rings. The first-order chi connectivity index (χ1) is 11.6. The van der Waals surface area contributed by atoms with Gasteiger partial charge in [-0.15, -0.1) is 0 Å². The average Bonchev–Trinajstić information content (AvgIpc) is 2.85. The molecule has 1 aliphatic rings. The number of halogens is 1. The number of hydrogen-bond acceptors (Lipinski definition) is 4. The highest BCUT2D eigenvalue weighted by Crippen LogP contribution is 2.37. The van der Waals surface area contributed by atoms with E-state index in [2.05, 4.69) is 0 Å². The molecular formula is C18H14ClNO2S2. The molecule has 6 heteroatoms. The molecule has 0 saturated carbocycles. The number of nitrogens with zero attached hydrogens (tertiary/aromatic N) is 1. The van der Waals surface area contributed by atoms with Gasteiger partial charge in [0.1, 0.15) is 5.75 Å². The van der Waals surface area contributed by atoms with E-state index in [1.54, 1.807) is 24.3 Å². The average molecular weight is 376 g/mol. The minimum atomic E-state index is -0.140. The van der Waals surface area contributed by atoms with E-state index in [1.807, 2.05) is 37.3 Å². The zero-order valence-electron chi connectivity index (χ0n) is 12.9. The number of rotatable bonds is 4. The lowest BCUT2D eigenvalue weighted by molar-refractivity contribution is -0.113. The van der Waals surface area contributed by atoms with Gasteiger partial charge < -0.3 is 4.74 Å². The van der Waals surface area contributed by atoms with Crippen LogP contribution in [0.3, 0.4) is 0 Å². The molecule has 2 aromatic rings. The summed E-state index contributed by atoms with van der Waals surface area (Å²) < 4.78 is 6.12. The maximum Gasteiger partial charge on any atom is 0.270 e. The number of carbonyl (C=O) groups excluding carboxylic acids is 1. The van der Waals surface area contributed by atoms with Crippen LogP contribution in [0.5, 0.6) is 5.75 Å². The van der Waals surface area contributed by atoms with Crippen molar-refractivity contribution in [2.75, 3.05) is 11.5 Å². The number of para-hydroxylation sites is 1. The van der Waals surface area contributed by atoms with Gasteiger partial charge in [-0.25, -0.2) is 0 Å². The van der Waals surface area contributed by atoms with Crippen LogP contribution in [0.25, 0.3) is 6.08 Å². The largest absolute Gasteiger partial charge is 0.493 e. The third kappa shape index (κ3) is 3.48. The van der Waals surface area contributed by atoms with Crippen molar-refractivity contribution in [2.45, 2.75) is 6.92 Å². The van der Waals surface area contributed by atoms with E-state index in [-0.39, 0.29) is 5.91 Å². The predicted molar refractivity (Wildman–Crippen MR) is 105 cm³/mol. The smallest absolute Gasteiger partial charge is 0.270 e. The van der Waals surface area contributed by atoms with Gasteiger partial charge in [-0.1, -0.05) is 53.8 Å². The summed E-state index contributed by atoms with van der Waals surface area (Å²) in [5.41, 5.74) is 1.53. The summed E-state index contributed by atoms with van der Waals surface area (Å²) in [5, 5.41) is 0.586. The van der Waals surface area contributed by atoms with Crippen molar-refractivity contribution in [3.63, 3.8) is 0 Å². The highest BCUT2D eigenvalue weighted by Gasteiger charge is 2.33. The molecule has 2 aromatic carbocycles. The molecule has 0 N–H and O–H groups in total. The van der Waals surface area contributed by atoms with Gasteiger partial charge in [0.2, 0.25) is 0 Å². The summed E-state index contributed by atoms with van der Waals surface area (Å²) in [5.74, 6) is 0.547. The highest BCUT2D eigenvalue weighted by molar-refractivity contribution is 8.27. The van der Waals surface area contributed by atoms with Crippen LogP contribution in [-0.4, -0.2) is 16.8 Å². The van der Waals surface area contributed by atoms with Crippen molar-refractivity contribution in [3.8, 4) is 5.75 Å². The van der Waals surface area contributed by atoms with Crippen LogP contribution < -0.4 is 9.64 Å². The van der Waals surface area contributed by atoms with Gasteiger partial charge >= 0.3 is 0 Å². The fourth-order valence-corrected chi connectivity index (χ4v) is 3.80. The van der Waals surface area contributed by atoms with Crippen LogP contribution in [0.15, 0.2) is 53.4 Å². The molecule has 0 bridgehead atoms. The Balaban J connectivity index is 1.97. The lowest BCUT2D eigenvalue weighted by atomic mass is 10.2. The number of thiocarbonyl (C=S) groups is 1. The molecule has 1 amide bonds. The zero-order chi connectivity index (χ0) is 17.1. The number of benzene rings is 2. The lowest BCUT2D eigenvalue weighted by Crippen LogP contribution is -2.27. The molecule has 3 rings (SSSR count). The Morgan fingerprint density at radius 1 is 1.25 bits per heavy atom. The van der Waals surface area contributed by atoms with E-state index in [1.165, 1.54) is 16.7 Å². The van der Waals surface area contributed by atoms with E-state index in [0.29, 0.717) is 26.6 Å². The summed E-state index contributed by atoms with van der Waals surface area (Å²) >= 11 is 12.7. The lowest BCUT2D eigenvalue weighted by Gasteiger charge is -2.13. The Kier molecular flexibility index (Phi) is 5.23. The Hall–Kier alpha value is -1.82. The Labute approximate surface area is 155 Å². The van der Waals surface area contributed by atoms with Crippen molar-refractivity contribution >= 4 is 57.6 Å². The quantitative estimate of drug-likeness (QED) is 0.546. The first kappa shape index (κ1) is 17.0. The molecule has 0 radical (unpaired) electrons. The molecule has 1 saturated heterocycles. The van der Waals surface area contributed by atoms with Crippen LogP contribution in [0, 0.1) is 0 Å². The molecule has 0 unspecified atom stereocenters. The molecule has 0 aromatic heterocycles. The van der Waals surface area contributed by atoms with Crippen LogP contribution >= 0.6 is 35.6 Å². The maximum atomic E-state index is 12.8. The maximum absolute atomic E-state index is 12.8. The molecule has 0 aliphatic carbocycles. The van der Waals surface area contributed by atoms with Crippen LogP contribution in [0.2, 0.25) is 5.02 Å². The zero-order valence-corrected chi connectivity index (χ0v) is 15.3. The fraction of sp³-hybridized carbons (Fsp3) is 0.111. The molecule has 122 valence electrons. The number of thioether (sulfide) groups is 1. The molecule has 3 nitrogen and oxygen atoms in total. The standard InChI is InChI=1S/C18H14ClNO2S2/c1-2-22-15-9-8-13(19)10-12(15)11-16-17(21)20(18(23)24-16)14-6-4-3-5-7-14/h3-11H,2H2,1H3/b16-11-. The second-order valence-corrected chi connectivity index (χ2v) is 7.08. The molecule has 0 atom stereocenters. The summed E-state index contributed by atoms with van der Waals surface area (Å²) in [4.78, 5) is 14.8. The molecule has 24 heavy (non-hydrogen) atoms. The van der Waals surface area contributed by atoms with Gasteiger partial charge in [-0.3, -0.25) is 9.69 Å². The van der Waals surface area contributed by atoms with E-state index in [0.717, 1.165) is 11.3 Å². The number of carbonyl (C=O) groups is 1. The topological polar surface area (TPSA) is 29.5 Å². The number of amides is 1. The van der Waals surface area contributed by atoms with Gasteiger partial charge in [0.05, 0.1) is 17.2 Å². The third-order valence-electron chi connectivity index (χ3n) is 3.37. The molecular weight excluding hydrogens is 362 g/mol. The van der Waals surface area contributed by atoms with E-state index in [9.17, 15) is 4.79 Å². The second kappa shape index (κ2) is 7.38. The van der Waals surface area contributed by atoms with E-state index < -0.39 is 0 Å². The minimum Gasteiger partial charge on any atom is -0.493 e. The van der Waals surface area contributed by atoms with Gasteiger partial charge in [-0.2, -0.15) is 0 Å². The van der Waals surface area contributed by atoms with Crippen molar-refractivity contribution < 1.29 is 9.53 Å². The Bertz CT molecular complexity index is 821. The van der Waals surface area contributed by atoms with Crippen molar-refractivity contribution in [1.29, 1.82) is 0 Å². The Morgan fingerprint density at radius 2 is 2.00 bits per heavy atom. The van der Waals surface area contributed by atoms with Crippen LogP contribution in [-0.2, 0) is 4.79 Å². The third-order valence-corrected chi connectivity index (χ3v) is 4.90. The summed E-state index contributed by atoms with van der Waals surface area (Å²) in [7, 11) is 0. The van der Waals surface area contributed by atoms with Crippen LogP contribution in [0.1, 0.15) is 12.5 Å². The minimum absolute atomic E-state index is 0.140. The molecule has 1 aliphatic heterocycles. The summed E-state index contributed by atoms with van der Waals surface area (Å²) in [6.07, 6.45) is 1.78. The Morgan fingerprint density at radius 3 is 2.71 bits per heavy atom. The predicted octanol–water partition coefficient (Wildman–Crippen LogP) is 5.14. The van der Waals surface area contributed by atoms with Gasteiger partial charge in [-0.05, 0) is 43.3 Å². The highest BCUT2D eigenvalue weighted by atomic mass is 35.5. The van der Waals surface area contributed by atoms with E-state index in [4.69, 9.17) is 28.6 Å². The van der Waals surface area contributed by atoms with Gasteiger partial charge in [0.15, 0.2) is 4.32 Å². The van der Waals surface area contributed by atoms with E-state index >= 15 is 0 Å². The van der Waals surface area contributed by atoms with Crippen molar-refractivity contribution in [1.82, 2.24) is 0 Å². The summed E-state index contributed by atoms with van der Waals surface area (Å²) in [6, 6.07) is 14.7.